The van der Waals surface area contributed by atoms with Gasteiger partial charge in [0.2, 0.25) is 0 Å². The van der Waals surface area contributed by atoms with Gasteiger partial charge in [-0.2, -0.15) is 0 Å². The number of halogens is 1. The molecule has 0 saturated carbocycles. The Balaban J connectivity index is 2.35. The summed E-state index contributed by atoms with van der Waals surface area (Å²) in [5.74, 6) is -0.219. The lowest BCUT2D eigenvalue weighted by Gasteiger charge is -2.10. The summed E-state index contributed by atoms with van der Waals surface area (Å²) < 4.78 is 18.5. The van der Waals surface area contributed by atoms with Crippen LogP contribution in [0.1, 0.15) is 27.4 Å². The average molecular weight is 291 g/mol. The predicted molar refractivity (Wildman–Crippen MR) is 75.0 cm³/mol. The van der Waals surface area contributed by atoms with E-state index in [1.165, 1.54) is 6.07 Å². The molecule has 0 spiro atoms. The van der Waals surface area contributed by atoms with Gasteiger partial charge in [-0.15, -0.1) is 0 Å². The highest BCUT2D eigenvalue weighted by atomic mass is 19.1. The van der Waals surface area contributed by atoms with Crippen LogP contribution in [0.3, 0.4) is 0 Å². The van der Waals surface area contributed by atoms with Crippen molar-refractivity contribution in [1.82, 2.24) is 0 Å². The van der Waals surface area contributed by atoms with Crippen molar-refractivity contribution < 1.29 is 18.8 Å². The van der Waals surface area contributed by atoms with E-state index in [9.17, 15) is 9.18 Å². The molecule has 6 nitrogen and oxygen atoms in total. The van der Waals surface area contributed by atoms with Gasteiger partial charge < -0.3 is 20.7 Å². The summed E-state index contributed by atoms with van der Waals surface area (Å²) in [5, 5.41) is 14.1. The molecule has 7 heteroatoms. The molecule has 1 aromatic carbocycles. The van der Waals surface area contributed by atoms with E-state index in [1.807, 2.05) is 0 Å². The first-order valence-corrected chi connectivity index (χ1v) is 6.08. The number of oxime groups is 1. The number of nitrogens with one attached hydrogen (secondary N) is 1. The molecular formula is C14H14FN3O3. The van der Waals surface area contributed by atoms with Crippen molar-refractivity contribution in [1.29, 1.82) is 0 Å². The molecule has 1 heterocycles. The molecule has 0 aliphatic heterocycles. The van der Waals surface area contributed by atoms with Gasteiger partial charge in [0.05, 0.1) is 11.3 Å². The number of furan rings is 1. The van der Waals surface area contributed by atoms with E-state index < -0.39 is 11.7 Å². The zero-order valence-electron chi connectivity index (χ0n) is 11.5. The molecule has 2 rings (SSSR count). The summed E-state index contributed by atoms with van der Waals surface area (Å²) in [6.07, 6.45) is 0. The van der Waals surface area contributed by atoms with Crippen LogP contribution in [0.5, 0.6) is 0 Å². The Morgan fingerprint density at radius 1 is 1.33 bits per heavy atom. The fraction of sp³-hybridized carbons (Fsp3) is 0.143. The molecular weight excluding hydrogens is 277 g/mol. The lowest BCUT2D eigenvalue weighted by molar-refractivity contribution is 0.102. The molecule has 2 aromatic rings. The Hall–Kier alpha value is -2.83. The van der Waals surface area contributed by atoms with Gasteiger partial charge in [0.1, 0.15) is 17.3 Å². The Labute approximate surface area is 120 Å². The van der Waals surface area contributed by atoms with Crippen LogP contribution < -0.4 is 11.1 Å². The van der Waals surface area contributed by atoms with Crippen molar-refractivity contribution in [3.05, 3.63) is 52.7 Å². The SMILES string of the molecule is Cc1cc(C(=O)Nc2ccc(F)cc2/C(N)=N/O)c(C)o1. The first-order chi connectivity index (χ1) is 9.92. The summed E-state index contributed by atoms with van der Waals surface area (Å²) in [5.41, 5.74) is 6.16. The summed E-state index contributed by atoms with van der Waals surface area (Å²) in [6, 6.07) is 5.16. The van der Waals surface area contributed by atoms with Crippen molar-refractivity contribution in [2.75, 3.05) is 5.32 Å². The number of carbonyl (C=O) groups excluding carboxylic acids is 1. The number of amides is 1. The van der Waals surface area contributed by atoms with Crippen molar-refractivity contribution in [3.8, 4) is 0 Å². The van der Waals surface area contributed by atoms with Gasteiger partial charge in [0.25, 0.3) is 5.91 Å². The summed E-state index contributed by atoms with van der Waals surface area (Å²) in [4.78, 5) is 12.2. The van der Waals surface area contributed by atoms with Crippen LogP contribution in [0.15, 0.2) is 33.8 Å². The molecule has 0 saturated heterocycles. The third-order valence-electron chi connectivity index (χ3n) is 2.90. The Morgan fingerprint density at radius 3 is 2.62 bits per heavy atom. The highest BCUT2D eigenvalue weighted by Gasteiger charge is 2.16. The van der Waals surface area contributed by atoms with Crippen LogP contribution in [0.2, 0.25) is 0 Å². The zero-order valence-corrected chi connectivity index (χ0v) is 11.5. The van der Waals surface area contributed by atoms with Crippen molar-refractivity contribution in [2.45, 2.75) is 13.8 Å². The van der Waals surface area contributed by atoms with E-state index >= 15 is 0 Å². The molecule has 0 unspecified atom stereocenters. The van der Waals surface area contributed by atoms with Gasteiger partial charge in [-0.25, -0.2) is 4.39 Å². The van der Waals surface area contributed by atoms with E-state index in [0.29, 0.717) is 17.1 Å². The third kappa shape index (κ3) is 3.02. The van der Waals surface area contributed by atoms with E-state index in [2.05, 4.69) is 10.5 Å². The second-order valence-electron chi connectivity index (χ2n) is 4.46. The van der Waals surface area contributed by atoms with Crippen LogP contribution in [0.25, 0.3) is 0 Å². The molecule has 0 atom stereocenters. The second-order valence-corrected chi connectivity index (χ2v) is 4.46. The van der Waals surface area contributed by atoms with E-state index in [-0.39, 0.29) is 17.1 Å². The largest absolute Gasteiger partial charge is 0.466 e. The minimum atomic E-state index is -0.565. The molecule has 0 bridgehead atoms. The quantitative estimate of drug-likeness (QED) is 0.350. The van der Waals surface area contributed by atoms with Crippen LogP contribution >= 0.6 is 0 Å². The van der Waals surface area contributed by atoms with Gasteiger partial charge in [0.15, 0.2) is 5.84 Å². The van der Waals surface area contributed by atoms with E-state index in [4.69, 9.17) is 15.4 Å². The molecule has 110 valence electrons. The highest BCUT2D eigenvalue weighted by Crippen LogP contribution is 2.20. The van der Waals surface area contributed by atoms with Crippen LogP contribution in [-0.2, 0) is 0 Å². The first-order valence-electron chi connectivity index (χ1n) is 6.08. The maximum absolute atomic E-state index is 13.3. The van der Waals surface area contributed by atoms with Gasteiger partial charge in [-0.3, -0.25) is 4.79 Å². The van der Waals surface area contributed by atoms with Crippen molar-refractivity contribution in [3.63, 3.8) is 0 Å². The number of aryl methyl sites for hydroxylation is 2. The fourth-order valence-corrected chi connectivity index (χ4v) is 1.94. The number of rotatable bonds is 3. The smallest absolute Gasteiger partial charge is 0.259 e. The van der Waals surface area contributed by atoms with Crippen LogP contribution in [-0.4, -0.2) is 17.0 Å². The van der Waals surface area contributed by atoms with E-state index in [1.54, 1.807) is 19.9 Å². The number of hydrogen-bond donors (Lipinski definition) is 3. The lowest BCUT2D eigenvalue weighted by Crippen LogP contribution is -2.19. The predicted octanol–water partition coefficient (Wildman–Crippen LogP) is 2.38. The van der Waals surface area contributed by atoms with Gasteiger partial charge in [-0.1, -0.05) is 5.16 Å². The summed E-state index contributed by atoms with van der Waals surface area (Å²) in [7, 11) is 0. The number of nitrogens with two attached hydrogens (primary N) is 1. The molecule has 0 aliphatic rings. The van der Waals surface area contributed by atoms with Crippen LogP contribution in [0.4, 0.5) is 10.1 Å². The topological polar surface area (TPSA) is 101 Å². The van der Waals surface area contributed by atoms with Crippen molar-refractivity contribution >= 4 is 17.4 Å². The highest BCUT2D eigenvalue weighted by molar-refractivity contribution is 6.10. The molecule has 21 heavy (non-hydrogen) atoms. The Bertz CT molecular complexity index is 722. The molecule has 4 N–H and O–H groups in total. The number of amidine groups is 1. The van der Waals surface area contributed by atoms with Gasteiger partial charge >= 0.3 is 0 Å². The maximum Gasteiger partial charge on any atom is 0.259 e. The monoisotopic (exact) mass is 291 g/mol. The zero-order chi connectivity index (χ0) is 15.6. The average Bonchev–Trinajstić information content (AvgIpc) is 2.78. The molecule has 0 aliphatic carbocycles. The second kappa shape index (κ2) is 5.66. The van der Waals surface area contributed by atoms with Gasteiger partial charge in [0, 0.05) is 5.56 Å². The lowest BCUT2D eigenvalue weighted by atomic mass is 10.1. The molecule has 1 amide bonds. The number of carbonyl (C=O) groups is 1. The Morgan fingerprint density at radius 2 is 2.05 bits per heavy atom. The normalized spacial score (nSPS) is 11.5. The third-order valence-corrected chi connectivity index (χ3v) is 2.90. The first kappa shape index (κ1) is 14.6. The molecule has 0 radical (unpaired) electrons. The molecule has 1 aromatic heterocycles. The standard InChI is InChI=1S/C14H14FN3O3/c1-7-5-10(8(2)21-7)14(19)17-12-4-3-9(15)6-11(12)13(16)18-20/h3-6,20H,1-2H3,(H2,16,18)(H,17,19). The maximum atomic E-state index is 13.3. The number of anilines is 1. The van der Waals surface area contributed by atoms with Gasteiger partial charge in [-0.05, 0) is 38.1 Å². The summed E-state index contributed by atoms with van der Waals surface area (Å²) in [6.45, 7) is 3.39. The Kier molecular flexibility index (Phi) is 3.93. The summed E-state index contributed by atoms with van der Waals surface area (Å²) >= 11 is 0. The van der Waals surface area contributed by atoms with Crippen LogP contribution in [0, 0.1) is 19.7 Å². The number of benzene rings is 1. The minimum absolute atomic E-state index is 0.0868. The minimum Gasteiger partial charge on any atom is -0.466 e. The van der Waals surface area contributed by atoms with E-state index in [0.717, 1.165) is 12.1 Å². The number of hydrogen-bond acceptors (Lipinski definition) is 4. The van der Waals surface area contributed by atoms with Crippen molar-refractivity contribution in [2.24, 2.45) is 10.9 Å². The molecule has 0 fully saturated rings. The number of nitrogens with zero attached hydrogens (tertiary/aromatic N) is 1. The fourth-order valence-electron chi connectivity index (χ4n) is 1.94.